The van der Waals surface area contributed by atoms with Gasteiger partial charge in [0.2, 0.25) is 0 Å². The summed E-state index contributed by atoms with van der Waals surface area (Å²) in [5, 5.41) is 10.1. The number of nitrogens with zero attached hydrogens (tertiary/aromatic N) is 4. The number of benzene rings is 2. The Balaban J connectivity index is 1.69. The summed E-state index contributed by atoms with van der Waals surface area (Å²) in [7, 11) is 0. The lowest BCUT2D eigenvalue weighted by molar-refractivity contribution is -0.121. The molecule has 0 spiro atoms. The fourth-order valence-electron chi connectivity index (χ4n) is 4.64. The van der Waals surface area contributed by atoms with Gasteiger partial charge in [0.1, 0.15) is 23.4 Å². The molecule has 1 N–H and O–H groups in total. The molecule has 3 heterocycles. The molecule has 0 radical (unpaired) electrons. The van der Waals surface area contributed by atoms with Crippen LogP contribution in [-0.2, 0) is 4.79 Å². The second-order valence-electron chi connectivity index (χ2n) is 8.38. The topological polar surface area (TPSA) is 80.1 Å². The van der Waals surface area contributed by atoms with Crippen molar-refractivity contribution >= 4 is 29.0 Å². The molecule has 1 aliphatic heterocycles. The molecular weight excluding hydrogens is 465 g/mol. The predicted molar refractivity (Wildman–Crippen MR) is 133 cm³/mol. The van der Waals surface area contributed by atoms with Crippen LogP contribution in [0, 0.1) is 19.7 Å². The first-order valence-electron chi connectivity index (χ1n) is 11.3. The molecule has 0 bridgehead atoms. The lowest BCUT2D eigenvalue weighted by atomic mass is 9.81. The third kappa shape index (κ3) is 4.01. The minimum atomic E-state index is -0.908. The maximum absolute atomic E-state index is 13.9. The molecule has 5 rings (SSSR count). The second kappa shape index (κ2) is 9.07. The highest BCUT2D eigenvalue weighted by molar-refractivity contribution is 7.09. The number of carbonyl (C=O) groups is 2. The molecule has 0 fully saturated rings. The summed E-state index contributed by atoms with van der Waals surface area (Å²) in [6.45, 7) is 5.99. The molecule has 9 heteroatoms. The molecule has 2 atom stereocenters. The number of likely N-dealkylation sites (N-methyl/N-ethyl adjacent to an activating group) is 1. The van der Waals surface area contributed by atoms with Gasteiger partial charge in [-0.15, -0.1) is 11.3 Å². The summed E-state index contributed by atoms with van der Waals surface area (Å²) in [5.41, 5.74) is 3.35. The Labute approximate surface area is 206 Å². The lowest BCUT2D eigenvalue weighted by Crippen LogP contribution is -2.55. The number of carbonyl (C=O) groups excluding carboxylic acids is 2. The highest BCUT2D eigenvalue weighted by atomic mass is 32.1. The van der Waals surface area contributed by atoms with E-state index in [1.807, 2.05) is 51.1 Å². The first kappa shape index (κ1) is 22.9. The van der Waals surface area contributed by atoms with E-state index >= 15 is 0 Å². The Morgan fingerprint density at radius 1 is 1.11 bits per heavy atom. The van der Waals surface area contributed by atoms with E-state index in [2.05, 4.69) is 10.3 Å². The molecule has 7 nitrogen and oxygen atoms in total. The van der Waals surface area contributed by atoms with Crippen molar-refractivity contribution in [2.24, 2.45) is 0 Å². The van der Waals surface area contributed by atoms with E-state index in [4.69, 9.17) is 5.10 Å². The summed E-state index contributed by atoms with van der Waals surface area (Å²) in [6.07, 6.45) is 0. The summed E-state index contributed by atoms with van der Waals surface area (Å²) in [5.74, 6) is -0.951. The van der Waals surface area contributed by atoms with Crippen molar-refractivity contribution in [1.29, 1.82) is 0 Å². The van der Waals surface area contributed by atoms with Crippen molar-refractivity contribution in [3.05, 3.63) is 93.3 Å². The summed E-state index contributed by atoms with van der Waals surface area (Å²) >= 11 is 1.37. The van der Waals surface area contributed by atoms with Gasteiger partial charge in [0.15, 0.2) is 0 Å². The zero-order valence-corrected chi connectivity index (χ0v) is 20.3. The number of fused-ring (bicyclic) bond motifs is 1. The van der Waals surface area contributed by atoms with E-state index in [1.165, 1.54) is 23.5 Å². The van der Waals surface area contributed by atoms with Gasteiger partial charge in [-0.3, -0.25) is 14.5 Å². The number of para-hydroxylation sites is 1. The number of thiazole rings is 1. The van der Waals surface area contributed by atoms with Gasteiger partial charge >= 0.3 is 0 Å². The highest BCUT2D eigenvalue weighted by Crippen LogP contribution is 2.43. The van der Waals surface area contributed by atoms with Crippen LogP contribution in [0.15, 0.2) is 60.0 Å². The molecular formula is C26H24FN5O2S. The van der Waals surface area contributed by atoms with Gasteiger partial charge in [0.05, 0.1) is 16.4 Å². The number of aromatic nitrogens is 3. The SMILES string of the molecule is CCN1C(=O)C(NC(=O)c2csc(C)n2)C(c2ccc(F)cc2)c2c(C)nn(-c3ccccc3)c21. The van der Waals surface area contributed by atoms with Crippen LogP contribution in [0.4, 0.5) is 10.2 Å². The van der Waals surface area contributed by atoms with E-state index in [-0.39, 0.29) is 17.4 Å². The van der Waals surface area contributed by atoms with Crippen LogP contribution >= 0.6 is 11.3 Å². The van der Waals surface area contributed by atoms with Crippen molar-refractivity contribution < 1.29 is 14.0 Å². The van der Waals surface area contributed by atoms with E-state index in [0.717, 1.165) is 22.0 Å². The minimum absolute atomic E-state index is 0.258. The maximum atomic E-state index is 13.9. The molecule has 2 amide bonds. The number of hydrogen-bond acceptors (Lipinski definition) is 5. The third-order valence-corrected chi connectivity index (χ3v) is 6.97. The number of anilines is 1. The van der Waals surface area contributed by atoms with Crippen LogP contribution in [0.25, 0.3) is 5.69 Å². The number of aryl methyl sites for hydroxylation is 2. The molecule has 4 aromatic rings. The Morgan fingerprint density at radius 2 is 1.83 bits per heavy atom. The zero-order chi connectivity index (χ0) is 24.7. The fraction of sp³-hybridized carbons (Fsp3) is 0.231. The number of nitrogens with one attached hydrogen (secondary N) is 1. The molecule has 2 aromatic heterocycles. The van der Waals surface area contributed by atoms with Gasteiger partial charge in [-0.25, -0.2) is 14.1 Å². The molecule has 0 saturated heterocycles. The molecule has 35 heavy (non-hydrogen) atoms. The molecule has 0 aliphatic carbocycles. The summed E-state index contributed by atoms with van der Waals surface area (Å²) < 4.78 is 15.6. The first-order valence-corrected chi connectivity index (χ1v) is 12.2. The van der Waals surface area contributed by atoms with Crippen LogP contribution in [0.2, 0.25) is 0 Å². The number of amides is 2. The van der Waals surface area contributed by atoms with Gasteiger partial charge in [-0.05, 0) is 50.6 Å². The molecule has 2 unspecified atom stereocenters. The smallest absolute Gasteiger partial charge is 0.271 e. The standard InChI is InChI=1S/C26H24FN5O2S/c1-4-31-25-21(15(2)30-32(25)19-8-6-5-7-9-19)22(17-10-12-18(27)13-11-17)23(26(31)34)29-24(33)20-14-35-16(3)28-20/h5-14,22-23H,4H2,1-3H3,(H,29,33). The second-order valence-corrected chi connectivity index (χ2v) is 9.45. The van der Waals surface area contributed by atoms with Gasteiger partial charge in [-0.2, -0.15) is 5.10 Å². The number of halogens is 1. The van der Waals surface area contributed by atoms with Crippen LogP contribution < -0.4 is 10.2 Å². The van der Waals surface area contributed by atoms with E-state index < -0.39 is 17.9 Å². The van der Waals surface area contributed by atoms with Crippen LogP contribution in [-0.4, -0.2) is 39.2 Å². The number of hydrogen-bond donors (Lipinski definition) is 1. The predicted octanol–water partition coefficient (Wildman–Crippen LogP) is 4.38. The third-order valence-electron chi connectivity index (χ3n) is 6.20. The van der Waals surface area contributed by atoms with E-state index in [1.54, 1.807) is 27.1 Å². The van der Waals surface area contributed by atoms with Crippen LogP contribution in [0.3, 0.4) is 0 Å². The normalized spacial score (nSPS) is 17.4. The average molecular weight is 490 g/mol. The fourth-order valence-corrected chi connectivity index (χ4v) is 5.24. The first-order chi connectivity index (χ1) is 16.9. The van der Waals surface area contributed by atoms with Gasteiger partial charge in [0.25, 0.3) is 11.8 Å². The summed E-state index contributed by atoms with van der Waals surface area (Å²) in [4.78, 5) is 32.9. The van der Waals surface area contributed by atoms with Crippen molar-refractivity contribution in [3.63, 3.8) is 0 Å². The molecule has 0 saturated carbocycles. The highest BCUT2D eigenvalue weighted by Gasteiger charge is 2.45. The summed E-state index contributed by atoms with van der Waals surface area (Å²) in [6, 6.07) is 14.7. The van der Waals surface area contributed by atoms with Crippen molar-refractivity contribution in [3.8, 4) is 5.69 Å². The number of rotatable bonds is 5. The van der Waals surface area contributed by atoms with E-state index in [0.29, 0.717) is 17.9 Å². The van der Waals surface area contributed by atoms with Gasteiger partial charge in [0, 0.05) is 23.4 Å². The van der Waals surface area contributed by atoms with Crippen LogP contribution in [0.1, 0.15) is 45.2 Å². The molecule has 2 aromatic carbocycles. The monoisotopic (exact) mass is 489 g/mol. The molecule has 1 aliphatic rings. The Morgan fingerprint density at radius 3 is 2.46 bits per heavy atom. The van der Waals surface area contributed by atoms with E-state index in [9.17, 15) is 14.0 Å². The van der Waals surface area contributed by atoms with Crippen molar-refractivity contribution in [2.75, 3.05) is 11.4 Å². The average Bonchev–Trinajstić information content (AvgIpc) is 3.44. The van der Waals surface area contributed by atoms with Gasteiger partial charge < -0.3 is 5.32 Å². The Hall–Kier alpha value is -3.85. The Kier molecular flexibility index (Phi) is 5.94. The Bertz CT molecular complexity index is 1400. The largest absolute Gasteiger partial charge is 0.338 e. The maximum Gasteiger partial charge on any atom is 0.271 e. The molecule has 178 valence electrons. The minimum Gasteiger partial charge on any atom is -0.338 e. The van der Waals surface area contributed by atoms with Crippen molar-refractivity contribution in [1.82, 2.24) is 20.1 Å². The van der Waals surface area contributed by atoms with Crippen molar-refractivity contribution in [2.45, 2.75) is 32.7 Å². The zero-order valence-electron chi connectivity index (χ0n) is 19.5. The van der Waals surface area contributed by atoms with Gasteiger partial charge in [-0.1, -0.05) is 30.3 Å². The lowest BCUT2D eigenvalue weighted by Gasteiger charge is -2.38. The van der Waals surface area contributed by atoms with Crippen LogP contribution in [0.5, 0.6) is 0 Å². The quantitative estimate of drug-likeness (QED) is 0.451.